The summed E-state index contributed by atoms with van der Waals surface area (Å²) >= 11 is 0. The predicted octanol–water partition coefficient (Wildman–Crippen LogP) is 1.46. The highest BCUT2D eigenvalue weighted by atomic mass is 15.3. The van der Waals surface area contributed by atoms with E-state index in [0.717, 1.165) is 43.0 Å². The smallest absolute Gasteiger partial charge is 0.223 e. The van der Waals surface area contributed by atoms with Crippen LogP contribution in [-0.4, -0.2) is 42.2 Å². The Labute approximate surface area is 131 Å². The van der Waals surface area contributed by atoms with Crippen LogP contribution in [0.3, 0.4) is 0 Å². The van der Waals surface area contributed by atoms with Gasteiger partial charge in [-0.15, -0.1) is 0 Å². The van der Waals surface area contributed by atoms with Crippen molar-refractivity contribution < 1.29 is 0 Å². The van der Waals surface area contributed by atoms with Crippen LogP contribution in [0.2, 0.25) is 0 Å². The third kappa shape index (κ3) is 2.60. The second-order valence-electron chi connectivity index (χ2n) is 7.12. The molecule has 3 aliphatic rings. The number of nitrogens with two attached hydrogens (primary N) is 1. The summed E-state index contributed by atoms with van der Waals surface area (Å²) in [5.41, 5.74) is 5.94. The lowest BCUT2D eigenvalue weighted by Crippen LogP contribution is -2.30. The molecule has 0 aromatic carbocycles. The predicted molar refractivity (Wildman–Crippen MR) is 89.0 cm³/mol. The van der Waals surface area contributed by atoms with Crippen molar-refractivity contribution in [1.29, 1.82) is 0 Å². The van der Waals surface area contributed by atoms with Gasteiger partial charge >= 0.3 is 0 Å². The van der Waals surface area contributed by atoms with Crippen molar-refractivity contribution in [2.45, 2.75) is 44.2 Å². The Balaban J connectivity index is 1.49. The lowest BCUT2D eigenvalue weighted by atomic mass is 9.95. The number of fused-ring (bicyclic) bond motifs is 2. The van der Waals surface area contributed by atoms with Crippen LogP contribution in [0.1, 0.15) is 32.1 Å². The Bertz CT molecular complexity index is 547. The van der Waals surface area contributed by atoms with Gasteiger partial charge in [-0.3, -0.25) is 0 Å². The molecule has 1 aromatic rings. The first kappa shape index (κ1) is 14.1. The molecule has 1 aliphatic heterocycles. The minimum Gasteiger partial charge on any atom is -0.368 e. The van der Waals surface area contributed by atoms with Gasteiger partial charge in [0.05, 0.1) is 0 Å². The van der Waals surface area contributed by atoms with Crippen molar-refractivity contribution in [2.24, 2.45) is 11.8 Å². The third-order valence-corrected chi connectivity index (χ3v) is 5.72. The van der Waals surface area contributed by atoms with Crippen LogP contribution >= 0.6 is 0 Å². The number of nitrogens with one attached hydrogen (secondary N) is 2. The first-order valence-corrected chi connectivity index (χ1v) is 8.54. The van der Waals surface area contributed by atoms with Gasteiger partial charge < -0.3 is 21.3 Å². The standard InChI is InChI=1S/C16H26N6/c1-18-12-4-5-22(9-12)15-8-14(20-16(17)21-15)19-13-7-10-2-3-11(13)6-10/h8,10-13,18H,2-7,9H2,1H3,(H3,17,19,20,21)/t10-,11+,12-,13+/m0/s1. The van der Waals surface area contributed by atoms with E-state index in [2.05, 4.69) is 31.6 Å². The van der Waals surface area contributed by atoms with Crippen molar-refractivity contribution in [3.8, 4) is 0 Å². The quantitative estimate of drug-likeness (QED) is 0.781. The molecule has 1 saturated heterocycles. The third-order valence-electron chi connectivity index (χ3n) is 5.72. The van der Waals surface area contributed by atoms with Crippen LogP contribution < -0.4 is 21.3 Å². The average Bonchev–Trinajstić information content (AvgIpc) is 3.23. The normalized spacial score (nSPS) is 33.6. The summed E-state index contributed by atoms with van der Waals surface area (Å²) < 4.78 is 0. The molecule has 6 heteroatoms. The van der Waals surface area contributed by atoms with Crippen LogP contribution in [0, 0.1) is 11.8 Å². The monoisotopic (exact) mass is 302 g/mol. The molecule has 0 unspecified atom stereocenters. The molecular formula is C16H26N6. The average molecular weight is 302 g/mol. The van der Waals surface area contributed by atoms with E-state index in [9.17, 15) is 0 Å². The van der Waals surface area contributed by atoms with Crippen molar-refractivity contribution >= 4 is 17.6 Å². The Kier molecular flexibility index (Phi) is 3.56. The molecule has 2 bridgehead atoms. The molecule has 22 heavy (non-hydrogen) atoms. The maximum Gasteiger partial charge on any atom is 0.223 e. The second-order valence-corrected chi connectivity index (χ2v) is 7.12. The Hall–Kier alpha value is -1.56. The number of likely N-dealkylation sites (N-methyl/N-ethyl adjacent to an activating group) is 1. The molecule has 1 aromatic heterocycles. The van der Waals surface area contributed by atoms with Gasteiger partial charge in [0, 0.05) is 31.2 Å². The number of hydrogen-bond acceptors (Lipinski definition) is 6. The van der Waals surface area contributed by atoms with Crippen LogP contribution in [0.4, 0.5) is 17.6 Å². The Morgan fingerprint density at radius 2 is 2.14 bits per heavy atom. The number of hydrogen-bond donors (Lipinski definition) is 3. The number of nitrogen functional groups attached to an aromatic ring is 1. The summed E-state index contributed by atoms with van der Waals surface area (Å²) in [5, 5.41) is 6.97. The number of anilines is 3. The molecule has 0 radical (unpaired) electrons. The van der Waals surface area contributed by atoms with Gasteiger partial charge in [0.25, 0.3) is 0 Å². The summed E-state index contributed by atoms with van der Waals surface area (Å²) in [4.78, 5) is 11.1. The van der Waals surface area contributed by atoms with Crippen molar-refractivity contribution in [1.82, 2.24) is 15.3 Å². The molecule has 4 N–H and O–H groups in total. The fraction of sp³-hybridized carbons (Fsp3) is 0.750. The zero-order chi connectivity index (χ0) is 15.1. The maximum absolute atomic E-state index is 5.94. The molecule has 4 atom stereocenters. The molecule has 4 rings (SSSR count). The van der Waals surface area contributed by atoms with Gasteiger partial charge in [-0.2, -0.15) is 9.97 Å². The van der Waals surface area contributed by atoms with E-state index in [1.165, 1.54) is 25.7 Å². The molecule has 3 fully saturated rings. The first-order valence-electron chi connectivity index (χ1n) is 8.54. The number of nitrogens with zero attached hydrogens (tertiary/aromatic N) is 3. The highest BCUT2D eigenvalue weighted by Crippen LogP contribution is 2.45. The van der Waals surface area contributed by atoms with E-state index in [1.54, 1.807) is 0 Å². The summed E-state index contributed by atoms with van der Waals surface area (Å²) in [5.74, 6) is 3.97. The van der Waals surface area contributed by atoms with E-state index >= 15 is 0 Å². The van der Waals surface area contributed by atoms with Crippen LogP contribution in [0.25, 0.3) is 0 Å². The van der Waals surface area contributed by atoms with Crippen LogP contribution in [-0.2, 0) is 0 Å². The lowest BCUT2D eigenvalue weighted by Gasteiger charge is -2.24. The van der Waals surface area contributed by atoms with Crippen LogP contribution in [0.15, 0.2) is 6.07 Å². The molecule has 2 heterocycles. The van der Waals surface area contributed by atoms with E-state index in [-0.39, 0.29) is 0 Å². The van der Waals surface area contributed by atoms with E-state index in [1.807, 2.05) is 7.05 Å². The Morgan fingerprint density at radius 1 is 1.23 bits per heavy atom. The first-order chi connectivity index (χ1) is 10.7. The SMILES string of the molecule is CN[C@H]1CCN(c2cc(N[C@@H]3C[C@H]4CC[C@@H]3C4)nc(N)n2)C1. The molecule has 0 amide bonds. The Morgan fingerprint density at radius 3 is 2.82 bits per heavy atom. The number of rotatable bonds is 4. The minimum atomic E-state index is 0.371. The molecule has 120 valence electrons. The zero-order valence-corrected chi connectivity index (χ0v) is 13.3. The van der Waals surface area contributed by atoms with Gasteiger partial charge in [0.15, 0.2) is 0 Å². The van der Waals surface area contributed by atoms with Crippen molar-refractivity contribution in [3.05, 3.63) is 6.07 Å². The van der Waals surface area contributed by atoms with E-state index in [4.69, 9.17) is 5.73 Å². The van der Waals surface area contributed by atoms with Crippen LogP contribution in [0.5, 0.6) is 0 Å². The summed E-state index contributed by atoms with van der Waals surface area (Å²) in [6.07, 6.45) is 6.61. The van der Waals surface area contributed by atoms with E-state index < -0.39 is 0 Å². The number of aromatic nitrogens is 2. The fourth-order valence-corrected chi connectivity index (χ4v) is 4.50. The largest absolute Gasteiger partial charge is 0.368 e. The van der Waals surface area contributed by atoms with Gasteiger partial charge in [-0.1, -0.05) is 6.42 Å². The topological polar surface area (TPSA) is 79.1 Å². The lowest BCUT2D eigenvalue weighted by molar-refractivity contribution is 0.439. The molecule has 2 aliphatic carbocycles. The molecule has 2 saturated carbocycles. The van der Waals surface area contributed by atoms with Crippen molar-refractivity contribution in [2.75, 3.05) is 36.1 Å². The summed E-state index contributed by atoms with van der Waals surface area (Å²) in [6, 6.07) is 3.18. The summed E-state index contributed by atoms with van der Waals surface area (Å²) in [6.45, 7) is 2.01. The van der Waals surface area contributed by atoms with Gasteiger partial charge in [-0.25, -0.2) is 0 Å². The highest BCUT2D eigenvalue weighted by Gasteiger charge is 2.39. The maximum atomic E-state index is 5.94. The fourth-order valence-electron chi connectivity index (χ4n) is 4.50. The molecule has 0 spiro atoms. The second kappa shape index (κ2) is 5.57. The molecule has 6 nitrogen and oxygen atoms in total. The van der Waals surface area contributed by atoms with Gasteiger partial charge in [0.2, 0.25) is 5.95 Å². The summed E-state index contributed by atoms with van der Waals surface area (Å²) in [7, 11) is 2.02. The zero-order valence-electron chi connectivity index (χ0n) is 13.3. The molecular weight excluding hydrogens is 276 g/mol. The van der Waals surface area contributed by atoms with Gasteiger partial charge in [-0.05, 0) is 44.6 Å². The van der Waals surface area contributed by atoms with Gasteiger partial charge in [0.1, 0.15) is 11.6 Å². The van der Waals surface area contributed by atoms with Crippen molar-refractivity contribution in [3.63, 3.8) is 0 Å². The van der Waals surface area contributed by atoms with E-state index in [0.29, 0.717) is 18.0 Å². The minimum absolute atomic E-state index is 0.371. The highest BCUT2D eigenvalue weighted by molar-refractivity contribution is 5.54.